The number of rotatable bonds is 4. The summed E-state index contributed by atoms with van der Waals surface area (Å²) in [6.07, 6.45) is 4.49. The molecule has 2 N–H and O–H groups in total. The van der Waals surface area contributed by atoms with Crippen molar-refractivity contribution in [3.63, 3.8) is 0 Å². The van der Waals surface area contributed by atoms with Gasteiger partial charge in [-0.2, -0.15) is 0 Å². The molecule has 0 aliphatic heterocycles. The van der Waals surface area contributed by atoms with Crippen LogP contribution < -0.4 is 10.6 Å². The molecule has 0 radical (unpaired) electrons. The van der Waals surface area contributed by atoms with Crippen LogP contribution in [0.25, 0.3) is 0 Å². The molecule has 0 aromatic carbocycles. The Balaban J connectivity index is 2.19. The molecule has 1 amide bonds. The zero-order chi connectivity index (χ0) is 13.7. The summed E-state index contributed by atoms with van der Waals surface area (Å²) in [6, 6.07) is 3.12. The van der Waals surface area contributed by atoms with Crippen molar-refractivity contribution in [3.8, 4) is 0 Å². The number of hydrogen-bond acceptors (Lipinski definition) is 5. The summed E-state index contributed by atoms with van der Waals surface area (Å²) in [4.78, 5) is 23.9. The molecule has 98 valence electrons. The molecule has 0 atom stereocenters. The maximum atomic E-state index is 12.0. The predicted octanol–water partition coefficient (Wildman–Crippen LogP) is 2.21. The van der Waals surface area contributed by atoms with Gasteiger partial charge in [0, 0.05) is 24.5 Å². The molecule has 2 aromatic heterocycles. The number of nitrogens with zero attached hydrogens (tertiary/aromatic N) is 3. The molecule has 0 saturated carbocycles. The largest absolute Gasteiger partial charge is 0.370 e. The molecule has 0 spiro atoms. The van der Waals surface area contributed by atoms with Gasteiger partial charge in [0.05, 0.1) is 6.20 Å². The summed E-state index contributed by atoms with van der Waals surface area (Å²) in [7, 11) is 0. The minimum Gasteiger partial charge on any atom is -0.370 e. The van der Waals surface area contributed by atoms with Crippen LogP contribution in [0.4, 0.5) is 11.6 Å². The summed E-state index contributed by atoms with van der Waals surface area (Å²) in [5.41, 5.74) is 0.404. The third-order valence-corrected chi connectivity index (χ3v) is 2.41. The van der Waals surface area contributed by atoms with Crippen LogP contribution >= 0.6 is 11.6 Å². The number of halogens is 1. The lowest BCUT2D eigenvalue weighted by molar-refractivity contribution is 0.102. The molecule has 19 heavy (non-hydrogen) atoms. The van der Waals surface area contributed by atoms with E-state index in [1.807, 2.05) is 6.92 Å². The standard InChI is InChI=1S/C12H12ClN5O/c1-2-15-10-6-8(5-9(13)17-10)12(19)18-11-7-14-3-4-16-11/h3-7H,2H2,1H3,(H,15,17)(H,16,18,19). The van der Waals surface area contributed by atoms with E-state index in [-0.39, 0.29) is 11.1 Å². The lowest BCUT2D eigenvalue weighted by Crippen LogP contribution is -2.14. The summed E-state index contributed by atoms with van der Waals surface area (Å²) < 4.78 is 0. The van der Waals surface area contributed by atoms with Gasteiger partial charge >= 0.3 is 0 Å². The average molecular weight is 278 g/mol. The van der Waals surface area contributed by atoms with Crippen LogP contribution in [-0.2, 0) is 0 Å². The molecule has 0 aliphatic carbocycles. The predicted molar refractivity (Wildman–Crippen MR) is 73.4 cm³/mol. The number of anilines is 2. The topological polar surface area (TPSA) is 79.8 Å². The van der Waals surface area contributed by atoms with Crippen LogP contribution in [0.5, 0.6) is 0 Å². The Labute approximate surface area is 115 Å². The number of aromatic nitrogens is 3. The molecule has 2 heterocycles. The van der Waals surface area contributed by atoms with Crippen molar-refractivity contribution < 1.29 is 4.79 Å². The molecule has 2 aromatic rings. The lowest BCUT2D eigenvalue weighted by atomic mass is 10.2. The van der Waals surface area contributed by atoms with E-state index >= 15 is 0 Å². The Morgan fingerprint density at radius 1 is 1.32 bits per heavy atom. The number of nitrogens with one attached hydrogen (secondary N) is 2. The highest BCUT2D eigenvalue weighted by molar-refractivity contribution is 6.30. The van der Waals surface area contributed by atoms with Gasteiger partial charge in [0.25, 0.3) is 5.91 Å². The SMILES string of the molecule is CCNc1cc(C(=O)Nc2cnccn2)cc(Cl)n1. The van der Waals surface area contributed by atoms with E-state index in [1.165, 1.54) is 24.7 Å². The van der Waals surface area contributed by atoms with Gasteiger partial charge in [-0.15, -0.1) is 0 Å². The second kappa shape index (κ2) is 6.10. The normalized spacial score (nSPS) is 10.0. The molecule has 0 saturated heterocycles. The van der Waals surface area contributed by atoms with Crippen molar-refractivity contribution in [2.24, 2.45) is 0 Å². The molecular formula is C12H12ClN5O. The minimum atomic E-state index is -0.316. The van der Waals surface area contributed by atoms with Gasteiger partial charge in [-0.1, -0.05) is 11.6 Å². The van der Waals surface area contributed by atoms with E-state index in [4.69, 9.17) is 11.6 Å². The fraction of sp³-hybridized carbons (Fsp3) is 0.167. The average Bonchev–Trinajstić information content (AvgIpc) is 2.39. The number of carbonyl (C=O) groups excluding carboxylic acids is 1. The van der Waals surface area contributed by atoms with Crippen LogP contribution in [0.2, 0.25) is 5.15 Å². The highest BCUT2D eigenvalue weighted by Crippen LogP contribution is 2.15. The van der Waals surface area contributed by atoms with Gasteiger partial charge in [0.2, 0.25) is 0 Å². The minimum absolute atomic E-state index is 0.253. The van der Waals surface area contributed by atoms with Gasteiger partial charge in [-0.05, 0) is 19.1 Å². The zero-order valence-electron chi connectivity index (χ0n) is 10.2. The van der Waals surface area contributed by atoms with Crippen LogP contribution in [0.15, 0.2) is 30.7 Å². The number of amides is 1. The van der Waals surface area contributed by atoms with E-state index in [2.05, 4.69) is 25.6 Å². The van der Waals surface area contributed by atoms with Crippen LogP contribution in [0.1, 0.15) is 17.3 Å². The fourth-order valence-electron chi connectivity index (χ4n) is 1.45. The van der Waals surface area contributed by atoms with Crippen molar-refractivity contribution >= 4 is 29.1 Å². The van der Waals surface area contributed by atoms with Gasteiger partial charge < -0.3 is 10.6 Å². The quantitative estimate of drug-likeness (QED) is 0.838. The Bertz CT molecular complexity index is 576. The summed E-state index contributed by atoms with van der Waals surface area (Å²) in [5.74, 6) is 0.619. The fourth-order valence-corrected chi connectivity index (χ4v) is 1.66. The maximum Gasteiger partial charge on any atom is 0.257 e. The molecule has 0 unspecified atom stereocenters. The Kier molecular flexibility index (Phi) is 4.25. The first-order valence-corrected chi connectivity index (χ1v) is 6.05. The Morgan fingerprint density at radius 3 is 2.84 bits per heavy atom. The first-order chi connectivity index (χ1) is 9.19. The number of pyridine rings is 1. The Morgan fingerprint density at radius 2 is 2.16 bits per heavy atom. The first-order valence-electron chi connectivity index (χ1n) is 5.68. The summed E-state index contributed by atoms with van der Waals surface area (Å²) in [5, 5.41) is 5.88. The molecule has 2 rings (SSSR count). The molecule has 6 nitrogen and oxygen atoms in total. The maximum absolute atomic E-state index is 12.0. The van der Waals surface area contributed by atoms with Crippen LogP contribution in [-0.4, -0.2) is 27.4 Å². The monoisotopic (exact) mass is 277 g/mol. The zero-order valence-corrected chi connectivity index (χ0v) is 11.0. The molecule has 0 fully saturated rings. The van der Waals surface area contributed by atoms with E-state index in [9.17, 15) is 4.79 Å². The highest BCUT2D eigenvalue weighted by Gasteiger charge is 2.10. The van der Waals surface area contributed by atoms with Crippen LogP contribution in [0.3, 0.4) is 0 Å². The molecule has 0 aliphatic rings. The second-order valence-electron chi connectivity index (χ2n) is 3.64. The van der Waals surface area contributed by atoms with Gasteiger partial charge in [0.15, 0.2) is 5.82 Å². The third kappa shape index (κ3) is 3.62. The third-order valence-electron chi connectivity index (χ3n) is 2.22. The number of carbonyl (C=O) groups is 1. The number of hydrogen-bond donors (Lipinski definition) is 2. The van der Waals surface area contributed by atoms with Crippen LogP contribution in [0, 0.1) is 0 Å². The van der Waals surface area contributed by atoms with E-state index in [0.717, 1.165) is 0 Å². The van der Waals surface area contributed by atoms with Gasteiger partial charge in [-0.3, -0.25) is 9.78 Å². The van der Waals surface area contributed by atoms with Crippen molar-refractivity contribution in [2.45, 2.75) is 6.92 Å². The summed E-state index contributed by atoms with van der Waals surface area (Å²) in [6.45, 7) is 2.63. The smallest absolute Gasteiger partial charge is 0.257 e. The lowest BCUT2D eigenvalue weighted by Gasteiger charge is -2.07. The van der Waals surface area contributed by atoms with Crippen molar-refractivity contribution in [1.29, 1.82) is 0 Å². The molecular weight excluding hydrogens is 266 g/mol. The van der Waals surface area contributed by atoms with Gasteiger partial charge in [-0.25, -0.2) is 9.97 Å². The molecule has 7 heteroatoms. The Hall–Kier alpha value is -2.21. The van der Waals surface area contributed by atoms with E-state index in [1.54, 1.807) is 6.07 Å². The van der Waals surface area contributed by atoms with Crippen molar-refractivity contribution in [3.05, 3.63) is 41.4 Å². The first kappa shape index (κ1) is 13.2. The van der Waals surface area contributed by atoms with Crippen molar-refractivity contribution in [2.75, 3.05) is 17.2 Å². The highest BCUT2D eigenvalue weighted by atomic mass is 35.5. The van der Waals surface area contributed by atoms with E-state index < -0.39 is 0 Å². The second-order valence-corrected chi connectivity index (χ2v) is 4.03. The van der Waals surface area contributed by atoms with Gasteiger partial charge in [0.1, 0.15) is 11.0 Å². The van der Waals surface area contributed by atoms with E-state index in [0.29, 0.717) is 23.7 Å². The molecule has 0 bridgehead atoms. The van der Waals surface area contributed by atoms with Crippen molar-refractivity contribution in [1.82, 2.24) is 15.0 Å². The summed E-state index contributed by atoms with van der Waals surface area (Å²) >= 11 is 5.87.